The van der Waals surface area contributed by atoms with E-state index in [1.54, 1.807) is 0 Å². The van der Waals surface area contributed by atoms with Crippen LogP contribution in [0.15, 0.2) is 42.5 Å². The number of nitrogens with zero attached hydrogens (tertiary/aromatic N) is 6. The molecule has 0 N–H and O–H groups in total. The molecule has 1 amide bonds. The lowest BCUT2D eigenvalue weighted by atomic mass is 10.1. The zero-order valence-electron chi connectivity index (χ0n) is 17.7. The fraction of sp³-hybridized carbons (Fsp3) is 0.364. The van der Waals surface area contributed by atoms with Gasteiger partial charge in [-0.1, -0.05) is 12.1 Å². The van der Waals surface area contributed by atoms with E-state index in [-0.39, 0.29) is 5.91 Å². The van der Waals surface area contributed by atoms with Crippen LogP contribution in [0.2, 0.25) is 0 Å². The van der Waals surface area contributed by atoms with Gasteiger partial charge in [0.1, 0.15) is 5.75 Å². The molecule has 0 bridgehead atoms. The quantitative estimate of drug-likeness (QED) is 0.559. The molecule has 0 unspecified atom stereocenters. The van der Waals surface area contributed by atoms with Crippen molar-refractivity contribution in [3.63, 3.8) is 0 Å². The first kappa shape index (κ1) is 21.8. The third-order valence-corrected chi connectivity index (χ3v) is 5.36. The van der Waals surface area contributed by atoms with E-state index in [1.165, 1.54) is 10.7 Å². The highest BCUT2D eigenvalue weighted by atomic mass is 19.2. The van der Waals surface area contributed by atoms with Crippen LogP contribution in [-0.2, 0) is 17.8 Å². The van der Waals surface area contributed by atoms with Crippen molar-refractivity contribution in [2.75, 3.05) is 32.8 Å². The molecule has 1 aliphatic heterocycles. The lowest BCUT2D eigenvalue weighted by Gasteiger charge is -2.34. The normalized spacial score (nSPS) is 14.5. The van der Waals surface area contributed by atoms with Gasteiger partial charge in [0.2, 0.25) is 5.91 Å². The Balaban J connectivity index is 1.31. The summed E-state index contributed by atoms with van der Waals surface area (Å²) >= 11 is 0. The number of carbonyl (C=O) groups excluding carboxylic acids is 1. The van der Waals surface area contributed by atoms with Crippen molar-refractivity contribution >= 4 is 5.91 Å². The Morgan fingerprint density at radius 3 is 2.47 bits per heavy atom. The molecule has 0 aliphatic carbocycles. The van der Waals surface area contributed by atoms with E-state index in [1.807, 2.05) is 36.1 Å². The number of tetrazole rings is 1. The monoisotopic (exact) mass is 442 g/mol. The van der Waals surface area contributed by atoms with Crippen molar-refractivity contribution in [3.05, 3.63) is 65.5 Å². The summed E-state index contributed by atoms with van der Waals surface area (Å²) in [4.78, 5) is 16.7. The molecule has 8 nitrogen and oxygen atoms in total. The predicted molar refractivity (Wildman–Crippen MR) is 112 cm³/mol. The summed E-state index contributed by atoms with van der Waals surface area (Å²) in [6.07, 6.45) is 0.348. The van der Waals surface area contributed by atoms with Crippen LogP contribution in [0.4, 0.5) is 8.78 Å². The van der Waals surface area contributed by atoms with Crippen LogP contribution in [0, 0.1) is 11.6 Å². The maximum Gasteiger partial charge on any atom is 0.227 e. The standard InChI is InChI=1S/C22H24F2N6O2/c1-2-32-18-6-3-16(4-7-18)13-22(31)29-11-9-28(10-12-29)15-21-25-26-27-30(21)17-5-8-19(23)20(24)14-17/h3-8,14H,2,9-13,15H2,1H3. The number of rotatable bonds is 7. The van der Waals surface area contributed by atoms with Crippen molar-refractivity contribution < 1.29 is 18.3 Å². The van der Waals surface area contributed by atoms with Gasteiger partial charge >= 0.3 is 0 Å². The van der Waals surface area contributed by atoms with Crippen LogP contribution in [0.3, 0.4) is 0 Å². The van der Waals surface area contributed by atoms with Crippen LogP contribution in [0.1, 0.15) is 18.3 Å². The van der Waals surface area contributed by atoms with Gasteiger partial charge in [0.15, 0.2) is 17.5 Å². The fourth-order valence-electron chi connectivity index (χ4n) is 3.63. The first-order valence-corrected chi connectivity index (χ1v) is 10.5. The van der Waals surface area contributed by atoms with E-state index >= 15 is 0 Å². The van der Waals surface area contributed by atoms with Gasteiger partial charge in [0, 0.05) is 32.2 Å². The maximum absolute atomic E-state index is 13.6. The van der Waals surface area contributed by atoms with Crippen LogP contribution < -0.4 is 4.74 Å². The molecular formula is C22H24F2N6O2. The lowest BCUT2D eigenvalue weighted by Crippen LogP contribution is -2.48. The van der Waals surface area contributed by atoms with Gasteiger partial charge in [0.05, 0.1) is 25.3 Å². The van der Waals surface area contributed by atoms with Gasteiger partial charge in [0.25, 0.3) is 0 Å². The Kier molecular flexibility index (Phi) is 6.69. The highest BCUT2D eigenvalue weighted by Crippen LogP contribution is 2.16. The topological polar surface area (TPSA) is 76.4 Å². The number of aromatic nitrogens is 4. The van der Waals surface area contributed by atoms with Gasteiger partial charge in [-0.15, -0.1) is 5.10 Å². The predicted octanol–water partition coefficient (Wildman–Crippen LogP) is 2.23. The summed E-state index contributed by atoms with van der Waals surface area (Å²) in [5.74, 6) is -0.480. The summed E-state index contributed by atoms with van der Waals surface area (Å²) in [5, 5.41) is 11.6. The molecule has 32 heavy (non-hydrogen) atoms. The number of hydrogen-bond donors (Lipinski definition) is 0. The Morgan fingerprint density at radius 1 is 1.03 bits per heavy atom. The minimum absolute atomic E-state index is 0.0837. The smallest absolute Gasteiger partial charge is 0.227 e. The van der Waals surface area contributed by atoms with Gasteiger partial charge in [-0.2, -0.15) is 4.68 Å². The molecule has 0 radical (unpaired) electrons. The molecule has 2 heterocycles. The molecule has 10 heteroatoms. The molecule has 1 aromatic heterocycles. The van der Waals surface area contributed by atoms with E-state index in [0.717, 1.165) is 23.4 Å². The Hall–Kier alpha value is -3.40. The van der Waals surface area contributed by atoms with E-state index in [2.05, 4.69) is 20.4 Å². The SMILES string of the molecule is CCOc1ccc(CC(=O)N2CCN(Cc3nnnn3-c3ccc(F)c(F)c3)CC2)cc1. The highest BCUT2D eigenvalue weighted by Gasteiger charge is 2.23. The first-order chi connectivity index (χ1) is 15.5. The number of carbonyl (C=O) groups is 1. The summed E-state index contributed by atoms with van der Waals surface area (Å²) in [6, 6.07) is 11.1. The second-order valence-electron chi connectivity index (χ2n) is 7.52. The molecule has 4 rings (SSSR count). The van der Waals surface area contributed by atoms with Crippen molar-refractivity contribution in [3.8, 4) is 11.4 Å². The maximum atomic E-state index is 13.6. The number of halogens is 2. The summed E-state index contributed by atoms with van der Waals surface area (Å²) in [6.45, 7) is 5.51. The number of ether oxygens (including phenoxy) is 1. The van der Waals surface area contributed by atoms with Crippen molar-refractivity contribution in [2.45, 2.75) is 19.9 Å². The minimum Gasteiger partial charge on any atom is -0.494 e. The zero-order chi connectivity index (χ0) is 22.5. The third-order valence-electron chi connectivity index (χ3n) is 5.36. The molecule has 1 fully saturated rings. The molecule has 1 aliphatic rings. The second-order valence-corrected chi connectivity index (χ2v) is 7.52. The molecule has 0 saturated carbocycles. The number of amides is 1. The van der Waals surface area contributed by atoms with Crippen molar-refractivity contribution in [1.82, 2.24) is 30.0 Å². The van der Waals surface area contributed by atoms with E-state index in [0.29, 0.717) is 57.3 Å². The second kappa shape index (κ2) is 9.82. The summed E-state index contributed by atoms with van der Waals surface area (Å²) < 4.78 is 33.6. The van der Waals surface area contributed by atoms with E-state index in [9.17, 15) is 13.6 Å². The summed E-state index contributed by atoms with van der Waals surface area (Å²) in [7, 11) is 0. The average molecular weight is 442 g/mol. The van der Waals surface area contributed by atoms with Crippen LogP contribution in [0.5, 0.6) is 5.75 Å². The molecule has 168 valence electrons. The molecule has 0 atom stereocenters. The minimum atomic E-state index is -0.955. The number of hydrogen-bond acceptors (Lipinski definition) is 6. The van der Waals surface area contributed by atoms with Crippen LogP contribution in [0.25, 0.3) is 5.69 Å². The molecule has 3 aromatic rings. The Morgan fingerprint density at radius 2 is 1.78 bits per heavy atom. The first-order valence-electron chi connectivity index (χ1n) is 10.5. The molecular weight excluding hydrogens is 418 g/mol. The van der Waals surface area contributed by atoms with E-state index < -0.39 is 11.6 Å². The van der Waals surface area contributed by atoms with Crippen LogP contribution >= 0.6 is 0 Å². The van der Waals surface area contributed by atoms with Gasteiger partial charge in [-0.3, -0.25) is 9.69 Å². The molecule has 0 spiro atoms. The Labute approximate surface area is 184 Å². The van der Waals surface area contributed by atoms with Crippen molar-refractivity contribution in [2.24, 2.45) is 0 Å². The molecule has 2 aromatic carbocycles. The zero-order valence-corrected chi connectivity index (χ0v) is 17.7. The van der Waals surface area contributed by atoms with E-state index in [4.69, 9.17) is 4.74 Å². The highest BCUT2D eigenvalue weighted by molar-refractivity contribution is 5.79. The van der Waals surface area contributed by atoms with Crippen molar-refractivity contribution in [1.29, 1.82) is 0 Å². The number of benzene rings is 2. The Bertz CT molecular complexity index is 1060. The van der Waals surface area contributed by atoms with Crippen LogP contribution in [-0.4, -0.2) is 68.7 Å². The van der Waals surface area contributed by atoms with Gasteiger partial charge < -0.3 is 9.64 Å². The molecule has 1 saturated heterocycles. The number of piperazine rings is 1. The average Bonchev–Trinajstić information content (AvgIpc) is 3.26. The van der Waals surface area contributed by atoms with Gasteiger partial charge in [-0.25, -0.2) is 8.78 Å². The largest absolute Gasteiger partial charge is 0.494 e. The van der Waals surface area contributed by atoms with Gasteiger partial charge in [-0.05, 0) is 47.2 Å². The summed E-state index contributed by atoms with van der Waals surface area (Å²) in [5.41, 5.74) is 1.31. The lowest BCUT2D eigenvalue weighted by molar-refractivity contribution is -0.132. The fourth-order valence-corrected chi connectivity index (χ4v) is 3.63. The third kappa shape index (κ3) is 5.08.